The van der Waals surface area contributed by atoms with E-state index in [1.165, 1.54) is 11.0 Å². The van der Waals surface area contributed by atoms with Gasteiger partial charge in [-0.15, -0.1) is 10.2 Å². The van der Waals surface area contributed by atoms with Gasteiger partial charge < -0.3 is 9.47 Å². The molecule has 0 aliphatic carbocycles. The molecule has 168 valence electrons. The third kappa shape index (κ3) is 4.62. The lowest BCUT2D eigenvalue weighted by Crippen LogP contribution is -2.37. The number of rotatable bonds is 7. The zero-order chi connectivity index (χ0) is 22.7. The number of cyclic esters (lactones) is 1. The highest BCUT2D eigenvalue weighted by atomic mass is 19.1. The Morgan fingerprint density at radius 3 is 2.84 bits per heavy atom. The van der Waals surface area contributed by atoms with Crippen LogP contribution in [0.3, 0.4) is 0 Å². The Labute approximate surface area is 183 Å². The molecule has 0 spiro atoms. The van der Waals surface area contributed by atoms with Crippen molar-refractivity contribution in [3.63, 3.8) is 0 Å². The summed E-state index contributed by atoms with van der Waals surface area (Å²) in [4.78, 5) is 29.4. The van der Waals surface area contributed by atoms with Crippen molar-refractivity contribution in [2.45, 2.75) is 25.9 Å². The van der Waals surface area contributed by atoms with Crippen LogP contribution in [0.2, 0.25) is 0 Å². The number of hydrazone groups is 1. The normalized spacial score (nSPS) is 18.1. The minimum absolute atomic E-state index is 0.0227. The Kier molecular flexibility index (Phi) is 6.17. The minimum Gasteiger partial charge on any atom is -0.462 e. The maximum atomic E-state index is 14.9. The van der Waals surface area contributed by atoms with Crippen molar-refractivity contribution in [2.24, 2.45) is 5.10 Å². The van der Waals surface area contributed by atoms with E-state index in [1.54, 1.807) is 42.6 Å². The number of halogens is 1. The third-order valence-corrected chi connectivity index (χ3v) is 4.93. The SMILES string of the molecule is CCCC(=O)OC[C@H]1CN(c2ccc(-c3ccc(C4=NNN(C)N4)nc3)c(F)c2)C(=O)O1. The Morgan fingerprint density at radius 1 is 1.34 bits per heavy atom. The molecule has 3 heterocycles. The van der Waals surface area contributed by atoms with Crippen molar-refractivity contribution in [1.29, 1.82) is 0 Å². The zero-order valence-corrected chi connectivity index (χ0v) is 17.7. The molecule has 0 radical (unpaired) electrons. The highest BCUT2D eigenvalue weighted by Crippen LogP contribution is 2.29. The first-order valence-electron chi connectivity index (χ1n) is 10.2. The molecule has 10 nitrogen and oxygen atoms in total. The van der Waals surface area contributed by atoms with E-state index in [0.29, 0.717) is 41.2 Å². The second-order valence-electron chi connectivity index (χ2n) is 7.38. The summed E-state index contributed by atoms with van der Waals surface area (Å²) in [6, 6.07) is 7.98. The zero-order valence-electron chi connectivity index (χ0n) is 17.7. The van der Waals surface area contributed by atoms with Gasteiger partial charge in [0.05, 0.1) is 12.2 Å². The number of benzene rings is 1. The minimum atomic E-state index is -0.608. The van der Waals surface area contributed by atoms with Gasteiger partial charge in [0.25, 0.3) is 0 Å². The van der Waals surface area contributed by atoms with Gasteiger partial charge in [-0.05, 0) is 30.7 Å². The van der Waals surface area contributed by atoms with Gasteiger partial charge in [-0.2, -0.15) is 0 Å². The number of nitrogens with one attached hydrogen (secondary N) is 2. The molecule has 1 atom stereocenters. The molecule has 4 rings (SSSR count). The Bertz CT molecular complexity index is 1050. The largest absolute Gasteiger partial charge is 0.462 e. The number of anilines is 1. The molecule has 1 amide bonds. The predicted molar refractivity (Wildman–Crippen MR) is 114 cm³/mol. The number of ether oxygens (including phenoxy) is 2. The predicted octanol–water partition coefficient (Wildman–Crippen LogP) is 2.17. The summed E-state index contributed by atoms with van der Waals surface area (Å²) in [6.07, 6.45) is 1.35. The molecule has 1 fully saturated rings. The number of hydrogen-bond acceptors (Lipinski definition) is 9. The highest BCUT2D eigenvalue weighted by molar-refractivity contribution is 5.97. The van der Waals surface area contributed by atoms with Crippen molar-refractivity contribution in [3.05, 3.63) is 48.0 Å². The summed E-state index contributed by atoms with van der Waals surface area (Å²) in [6.45, 7) is 2.02. The van der Waals surface area contributed by atoms with Gasteiger partial charge in [0, 0.05) is 30.8 Å². The van der Waals surface area contributed by atoms with Gasteiger partial charge in [-0.3, -0.25) is 20.1 Å². The summed E-state index contributed by atoms with van der Waals surface area (Å²) in [7, 11) is 1.76. The number of hydrogen-bond donors (Lipinski definition) is 2. The number of esters is 1. The van der Waals surface area contributed by atoms with Crippen molar-refractivity contribution in [2.75, 3.05) is 25.1 Å². The molecular formula is C21H23FN6O4. The lowest BCUT2D eigenvalue weighted by molar-refractivity contribution is -0.146. The highest BCUT2D eigenvalue weighted by Gasteiger charge is 2.33. The summed E-state index contributed by atoms with van der Waals surface area (Å²) in [5, 5.41) is 5.65. The Morgan fingerprint density at radius 2 is 2.19 bits per heavy atom. The number of amidine groups is 1. The van der Waals surface area contributed by atoms with Crippen LogP contribution in [0.25, 0.3) is 11.1 Å². The van der Waals surface area contributed by atoms with Gasteiger partial charge in [-0.1, -0.05) is 13.0 Å². The molecule has 0 unspecified atom stereocenters. The molecule has 0 saturated carbocycles. The van der Waals surface area contributed by atoms with Gasteiger partial charge >= 0.3 is 12.1 Å². The standard InChI is InChI=1S/C21H23FN6O4/c1-3-4-19(29)31-12-15-11-28(21(30)32-15)14-6-7-16(17(22)9-14)13-5-8-18(23-10-13)20-24-26-27(2)25-20/h5-10,15,26H,3-4,11-12H2,1-2H3,(H,24,25)/t15-/m1/s1. The van der Waals surface area contributed by atoms with E-state index in [4.69, 9.17) is 9.47 Å². The Hall–Kier alpha value is -3.73. The van der Waals surface area contributed by atoms with Gasteiger partial charge in [-0.25, -0.2) is 14.7 Å². The lowest BCUT2D eigenvalue weighted by atomic mass is 10.1. The molecule has 1 saturated heterocycles. The molecule has 2 aliphatic heterocycles. The average molecular weight is 442 g/mol. The van der Waals surface area contributed by atoms with E-state index >= 15 is 0 Å². The smallest absolute Gasteiger partial charge is 0.414 e. The summed E-state index contributed by atoms with van der Waals surface area (Å²) in [5.74, 6) is -0.283. The Balaban J connectivity index is 1.43. The second-order valence-corrected chi connectivity index (χ2v) is 7.38. The van der Waals surface area contributed by atoms with E-state index in [-0.39, 0.29) is 19.1 Å². The quantitative estimate of drug-likeness (QED) is 0.628. The summed E-state index contributed by atoms with van der Waals surface area (Å²) >= 11 is 0. The van der Waals surface area contributed by atoms with Crippen LogP contribution in [0, 0.1) is 5.82 Å². The van der Waals surface area contributed by atoms with Crippen LogP contribution >= 0.6 is 0 Å². The second kappa shape index (κ2) is 9.18. The fraction of sp³-hybridized carbons (Fsp3) is 0.333. The van der Waals surface area contributed by atoms with E-state index in [1.807, 2.05) is 6.92 Å². The third-order valence-electron chi connectivity index (χ3n) is 4.93. The topological polar surface area (TPSA) is 108 Å². The van der Waals surface area contributed by atoms with E-state index in [0.717, 1.165) is 0 Å². The van der Waals surface area contributed by atoms with Gasteiger partial charge in [0.15, 0.2) is 11.9 Å². The monoisotopic (exact) mass is 442 g/mol. The van der Waals surface area contributed by atoms with E-state index < -0.39 is 18.0 Å². The fourth-order valence-corrected chi connectivity index (χ4v) is 3.33. The summed E-state index contributed by atoms with van der Waals surface area (Å²) < 4.78 is 25.2. The maximum absolute atomic E-state index is 14.9. The van der Waals surface area contributed by atoms with Crippen LogP contribution in [0.1, 0.15) is 25.5 Å². The number of carbonyl (C=O) groups excluding carboxylic acids is 2. The van der Waals surface area contributed by atoms with Crippen molar-refractivity contribution in [1.82, 2.24) is 21.1 Å². The maximum Gasteiger partial charge on any atom is 0.414 e. The number of carbonyl (C=O) groups is 2. The molecule has 2 N–H and O–H groups in total. The van der Waals surface area contributed by atoms with Crippen LogP contribution in [0.5, 0.6) is 0 Å². The van der Waals surface area contributed by atoms with Crippen LogP contribution in [0.15, 0.2) is 41.6 Å². The molecule has 11 heteroatoms. The van der Waals surface area contributed by atoms with Crippen LogP contribution in [-0.2, 0) is 14.3 Å². The number of pyridine rings is 1. The van der Waals surface area contributed by atoms with Crippen molar-refractivity contribution in [3.8, 4) is 11.1 Å². The molecule has 2 aromatic rings. The van der Waals surface area contributed by atoms with Crippen LogP contribution < -0.4 is 15.9 Å². The first kappa shape index (κ1) is 21.5. The lowest BCUT2D eigenvalue weighted by Gasteiger charge is -2.14. The summed E-state index contributed by atoms with van der Waals surface area (Å²) in [5.41, 5.74) is 7.59. The van der Waals surface area contributed by atoms with E-state index in [2.05, 4.69) is 21.0 Å². The van der Waals surface area contributed by atoms with Gasteiger partial charge in [0.2, 0.25) is 0 Å². The average Bonchev–Trinajstić information content (AvgIpc) is 3.38. The van der Waals surface area contributed by atoms with E-state index in [9.17, 15) is 14.0 Å². The molecule has 1 aromatic heterocycles. The molecule has 0 bridgehead atoms. The number of hydrazine groups is 2. The van der Waals surface area contributed by atoms with Gasteiger partial charge in [0.1, 0.15) is 18.1 Å². The van der Waals surface area contributed by atoms with Crippen molar-refractivity contribution < 1.29 is 23.5 Å². The van der Waals surface area contributed by atoms with Crippen LogP contribution in [0.4, 0.5) is 14.9 Å². The molecule has 1 aromatic carbocycles. The molecule has 2 aliphatic rings. The number of aromatic nitrogens is 1. The molecule has 32 heavy (non-hydrogen) atoms. The number of nitrogens with zero attached hydrogens (tertiary/aromatic N) is 4. The van der Waals surface area contributed by atoms with Crippen LogP contribution in [-0.4, -0.2) is 54.3 Å². The first-order chi connectivity index (χ1) is 15.4. The fourth-order valence-electron chi connectivity index (χ4n) is 3.33. The molecular weight excluding hydrogens is 419 g/mol. The first-order valence-corrected chi connectivity index (χ1v) is 10.2. The number of amides is 1. The van der Waals surface area contributed by atoms with Crippen molar-refractivity contribution >= 4 is 23.6 Å².